The summed E-state index contributed by atoms with van der Waals surface area (Å²) in [5, 5.41) is 3.32. The Morgan fingerprint density at radius 1 is 1.14 bits per heavy atom. The van der Waals surface area contributed by atoms with Crippen LogP contribution in [-0.2, 0) is 19.6 Å². The number of halogens is 1. The molecule has 2 rings (SSSR count). The number of nitrogens with one attached hydrogen (secondary N) is 1. The molecule has 0 aliphatic heterocycles. The highest BCUT2D eigenvalue weighted by atomic mass is 19.1. The molecule has 0 radical (unpaired) electrons. The summed E-state index contributed by atoms with van der Waals surface area (Å²) in [7, 11) is 2.00. The topological polar surface area (TPSA) is 28.4 Å². The fourth-order valence-corrected chi connectivity index (χ4v) is 2.26. The van der Waals surface area contributed by atoms with E-state index in [0.29, 0.717) is 13.1 Å². The van der Waals surface area contributed by atoms with Crippen LogP contribution in [0.4, 0.5) is 4.39 Å². The van der Waals surface area contributed by atoms with Gasteiger partial charge in [-0.1, -0.05) is 19.1 Å². The van der Waals surface area contributed by atoms with Gasteiger partial charge in [-0.25, -0.2) is 4.39 Å². The monoisotopic (exact) mass is 290 g/mol. The van der Waals surface area contributed by atoms with Gasteiger partial charge in [0.1, 0.15) is 17.3 Å². The SMILES string of the molecule is CCCNCc1ccc(CN(C)Cc2cccc(F)c2)o1. The normalized spacial score (nSPS) is 11.2. The van der Waals surface area contributed by atoms with Gasteiger partial charge in [-0.2, -0.15) is 0 Å². The summed E-state index contributed by atoms with van der Waals surface area (Å²) < 4.78 is 18.9. The average Bonchev–Trinajstić information content (AvgIpc) is 2.86. The Hall–Kier alpha value is -1.65. The second-order valence-electron chi connectivity index (χ2n) is 5.35. The van der Waals surface area contributed by atoms with Crippen molar-refractivity contribution >= 4 is 0 Å². The Morgan fingerprint density at radius 3 is 2.71 bits per heavy atom. The van der Waals surface area contributed by atoms with E-state index in [9.17, 15) is 4.39 Å². The van der Waals surface area contributed by atoms with Gasteiger partial charge < -0.3 is 9.73 Å². The van der Waals surface area contributed by atoms with Crippen molar-refractivity contribution in [3.8, 4) is 0 Å². The number of hydrogen-bond acceptors (Lipinski definition) is 3. The van der Waals surface area contributed by atoms with E-state index in [0.717, 1.165) is 36.6 Å². The van der Waals surface area contributed by atoms with Crippen LogP contribution in [0.3, 0.4) is 0 Å². The van der Waals surface area contributed by atoms with Crippen LogP contribution in [-0.4, -0.2) is 18.5 Å². The molecule has 0 amide bonds. The average molecular weight is 290 g/mol. The van der Waals surface area contributed by atoms with Crippen molar-refractivity contribution in [3.05, 3.63) is 59.3 Å². The molecule has 0 aliphatic rings. The molecule has 1 aromatic carbocycles. The Balaban J connectivity index is 1.83. The molecule has 3 nitrogen and oxygen atoms in total. The summed E-state index contributed by atoms with van der Waals surface area (Å²) in [5.74, 6) is 1.70. The van der Waals surface area contributed by atoms with Gasteiger partial charge in [-0.3, -0.25) is 4.90 Å². The minimum Gasteiger partial charge on any atom is -0.463 e. The highest BCUT2D eigenvalue weighted by Crippen LogP contribution is 2.12. The van der Waals surface area contributed by atoms with Crippen LogP contribution in [0.25, 0.3) is 0 Å². The first-order valence-corrected chi connectivity index (χ1v) is 7.38. The van der Waals surface area contributed by atoms with E-state index >= 15 is 0 Å². The zero-order valence-electron chi connectivity index (χ0n) is 12.7. The molecular weight excluding hydrogens is 267 g/mol. The van der Waals surface area contributed by atoms with E-state index < -0.39 is 0 Å². The van der Waals surface area contributed by atoms with E-state index in [2.05, 4.69) is 17.1 Å². The van der Waals surface area contributed by atoms with E-state index in [4.69, 9.17) is 4.42 Å². The van der Waals surface area contributed by atoms with Crippen LogP contribution < -0.4 is 5.32 Å². The van der Waals surface area contributed by atoms with Gasteiger partial charge >= 0.3 is 0 Å². The molecule has 1 heterocycles. The van der Waals surface area contributed by atoms with Crippen molar-refractivity contribution in [2.24, 2.45) is 0 Å². The largest absolute Gasteiger partial charge is 0.463 e. The van der Waals surface area contributed by atoms with Crippen molar-refractivity contribution in [1.29, 1.82) is 0 Å². The molecule has 0 bridgehead atoms. The maximum absolute atomic E-state index is 13.2. The Bertz CT molecular complexity index is 553. The lowest BCUT2D eigenvalue weighted by atomic mass is 10.2. The molecule has 0 saturated carbocycles. The highest BCUT2D eigenvalue weighted by molar-refractivity contribution is 5.16. The summed E-state index contributed by atoms with van der Waals surface area (Å²) in [6.07, 6.45) is 1.12. The Kier molecular flexibility index (Phi) is 5.96. The molecule has 0 spiro atoms. The van der Waals surface area contributed by atoms with Gasteiger partial charge in [0, 0.05) is 6.54 Å². The molecular formula is C17H23FN2O. The first kappa shape index (κ1) is 15.7. The maximum Gasteiger partial charge on any atom is 0.123 e. The van der Waals surface area contributed by atoms with Crippen molar-refractivity contribution in [2.45, 2.75) is 33.0 Å². The molecule has 4 heteroatoms. The number of hydrogen-bond donors (Lipinski definition) is 1. The Morgan fingerprint density at radius 2 is 1.95 bits per heavy atom. The molecule has 1 N–H and O–H groups in total. The standard InChI is InChI=1S/C17H23FN2O/c1-3-9-19-11-16-7-8-17(21-16)13-20(2)12-14-5-4-6-15(18)10-14/h4-8,10,19H,3,9,11-13H2,1-2H3. The van der Waals surface area contributed by atoms with Gasteiger partial charge in [0.25, 0.3) is 0 Å². The lowest BCUT2D eigenvalue weighted by Crippen LogP contribution is -2.17. The van der Waals surface area contributed by atoms with E-state index in [-0.39, 0.29) is 5.82 Å². The quantitative estimate of drug-likeness (QED) is 0.754. The zero-order valence-corrected chi connectivity index (χ0v) is 12.7. The van der Waals surface area contributed by atoms with Crippen LogP contribution >= 0.6 is 0 Å². The van der Waals surface area contributed by atoms with Crippen LogP contribution in [0, 0.1) is 5.82 Å². The third-order valence-corrected chi connectivity index (χ3v) is 3.21. The number of furan rings is 1. The molecule has 0 saturated heterocycles. The molecule has 0 aliphatic carbocycles. The van der Waals surface area contributed by atoms with Gasteiger partial charge in [-0.15, -0.1) is 0 Å². The molecule has 114 valence electrons. The highest BCUT2D eigenvalue weighted by Gasteiger charge is 2.06. The van der Waals surface area contributed by atoms with Crippen molar-refractivity contribution in [1.82, 2.24) is 10.2 Å². The fraction of sp³-hybridized carbons (Fsp3) is 0.412. The van der Waals surface area contributed by atoms with Crippen LogP contribution in [0.15, 0.2) is 40.8 Å². The number of rotatable bonds is 8. The summed E-state index contributed by atoms with van der Waals surface area (Å²) in [5.41, 5.74) is 0.967. The van der Waals surface area contributed by atoms with E-state index in [1.54, 1.807) is 12.1 Å². The molecule has 0 atom stereocenters. The summed E-state index contributed by atoms with van der Waals surface area (Å²) in [6, 6.07) is 10.7. The first-order chi connectivity index (χ1) is 10.2. The number of benzene rings is 1. The van der Waals surface area contributed by atoms with Gasteiger partial charge in [-0.05, 0) is 49.8 Å². The molecule has 21 heavy (non-hydrogen) atoms. The first-order valence-electron chi connectivity index (χ1n) is 7.38. The maximum atomic E-state index is 13.2. The molecule has 2 aromatic rings. The minimum atomic E-state index is -0.191. The minimum absolute atomic E-state index is 0.191. The molecule has 1 aromatic heterocycles. The van der Waals surface area contributed by atoms with Crippen LogP contribution in [0.5, 0.6) is 0 Å². The van der Waals surface area contributed by atoms with Crippen LogP contribution in [0.1, 0.15) is 30.4 Å². The summed E-state index contributed by atoms with van der Waals surface area (Å²) in [4.78, 5) is 2.11. The third kappa shape index (κ3) is 5.33. The van der Waals surface area contributed by atoms with Gasteiger partial charge in [0.15, 0.2) is 0 Å². The van der Waals surface area contributed by atoms with Gasteiger partial charge in [0.2, 0.25) is 0 Å². The second-order valence-corrected chi connectivity index (χ2v) is 5.35. The smallest absolute Gasteiger partial charge is 0.123 e. The number of nitrogens with zero attached hydrogens (tertiary/aromatic N) is 1. The lowest BCUT2D eigenvalue weighted by Gasteiger charge is -2.15. The fourth-order valence-electron chi connectivity index (χ4n) is 2.26. The van der Waals surface area contributed by atoms with Crippen LogP contribution in [0.2, 0.25) is 0 Å². The molecule has 0 fully saturated rings. The lowest BCUT2D eigenvalue weighted by molar-refractivity contribution is 0.282. The van der Waals surface area contributed by atoms with Crippen molar-refractivity contribution < 1.29 is 8.81 Å². The predicted octanol–water partition coefficient (Wildman–Crippen LogP) is 3.55. The molecule has 0 unspecified atom stereocenters. The zero-order chi connectivity index (χ0) is 15.1. The second kappa shape index (κ2) is 7.96. The van der Waals surface area contributed by atoms with Crippen molar-refractivity contribution in [2.75, 3.05) is 13.6 Å². The Labute approximate surface area is 125 Å². The third-order valence-electron chi connectivity index (χ3n) is 3.21. The predicted molar refractivity (Wildman–Crippen MR) is 82.3 cm³/mol. The summed E-state index contributed by atoms with van der Waals surface area (Å²) in [6.45, 7) is 5.31. The summed E-state index contributed by atoms with van der Waals surface area (Å²) >= 11 is 0. The van der Waals surface area contributed by atoms with E-state index in [1.807, 2.05) is 25.2 Å². The van der Waals surface area contributed by atoms with Gasteiger partial charge in [0.05, 0.1) is 13.1 Å². The van der Waals surface area contributed by atoms with Crippen molar-refractivity contribution in [3.63, 3.8) is 0 Å². The van der Waals surface area contributed by atoms with E-state index in [1.165, 1.54) is 6.07 Å².